The highest BCUT2D eigenvalue weighted by Gasteiger charge is 2.23. The van der Waals surface area contributed by atoms with Gasteiger partial charge < -0.3 is 38.6 Å². The molecule has 0 aromatic heterocycles. The summed E-state index contributed by atoms with van der Waals surface area (Å²) < 4.78 is 31.9. The van der Waals surface area contributed by atoms with E-state index < -0.39 is 5.97 Å². The number of hydrogen-bond acceptors (Lipinski definition) is 14. The lowest BCUT2D eigenvalue weighted by Gasteiger charge is -2.22. The zero-order valence-corrected chi connectivity index (χ0v) is 52.2. The standard InChI is InChI=1S/C20H30O4.C20H30O2.C13H16N2O4.C8H12N2.C4H6.C3H6.CH2O2/c1-22-15-7-2-3-8-16-23-18-11-13-19(14-12-18)24-20(21)17-9-5-4-6-10-17;1-2-21-16-8-3-4-9-17-22-20-14-12-19(13-15-20)18-10-6-5-7-11-18;1-3-15(4-2)14-8-11-7-10(13(17)18)5-6-12(11)19-9-16;1-5-6-10-8(9-4)7(2)3;1-3-4-2;1-3-2;2-1-3/h11-14,17H,2-10,15-16H2,1H3;2,12-15,18H,1,3-11,16-17H2;5-9H,3-4H2,1-2H3,(H,17,18);5-6H,1,4H2,2-3H3;3-4H,1-2H2;3H,1H2,2H3;1H,(H,2,3)/b;;14-8+;10-6-;;;. The SMILES string of the molecule is C=C/C=N\C(N=C)=C(C)C.C=CC.C=CC=C.C=COCCCCCCOc1ccc(C2CCCCC2)cc1.CCN(CC)/N=C/c1cc(C(=O)O)ccc1OC=O.COCCCCCCOc1ccc(OC(=O)C2CCCCC2)cc1.O=CO. The van der Waals surface area contributed by atoms with Crippen LogP contribution >= 0.6 is 0 Å². The third kappa shape index (κ3) is 42.6. The van der Waals surface area contributed by atoms with E-state index in [1.807, 2.05) is 58.9 Å². The number of benzene rings is 3. The summed E-state index contributed by atoms with van der Waals surface area (Å²) in [6, 6.07) is 20.4. The number of hydrazone groups is 1. The summed E-state index contributed by atoms with van der Waals surface area (Å²) in [6.45, 7) is 34.8. The smallest absolute Gasteiger partial charge is 0.335 e. The van der Waals surface area contributed by atoms with Crippen LogP contribution in [-0.2, 0) is 23.9 Å². The van der Waals surface area contributed by atoms with Crippen molar-refractivity contribution >= 4 is 44.0 Å². The molecular weight excluding hydrogens is 1080 g/mol. The number of rotatable bonds is 31. The summed E-state index contributed by atoms with van der Waals surface area (Å²) in [6.07, 6.45) is 32.6. The van der Waals surface area contributed by atoms with Gasteiger partial charge in [-0.1, -0.05) is 108 Å². The molecule has 0 amide bonds. The van der Waals surface area contributed by atoms with E-state index in [0.717, 1.165) is 114 Å². The molecule has 5 rings (SSSR count). The first-order valence-corrected chi connectivity index (χ1v) is 29.6. The second-order valence-electron chi connectivity index (χ2n) is 19.3. The van der Waals surface area contributed by atoms with Crippen LogP contribution in [0, 0.1) is 5.92 Å². The van der Waals surface area contributed by atoms with Gasteiger partial charge in [-0.3, -0.25) is 19.4 Å². The Labute approximate surface area is 509 Å². The van der Waals surface area contributed by atoms with Crippen molar-refractivity contribution in [3.05, 3.63) is 158 Å². The number of ether oxygens (including phenoxy) is 6. The highest BCUT2D eigenvalue weighted by atomic mass is 16.5. The van der Waals surface area contributed by atoms with Crippen molar-refractivity contribution in [3.63, 3.8) is 0 Å². The largest absolute Gasteiger partial charge is 0.502 e. The number of unbranched alkanes of at least 4 members (excludes halogenated alkanes) is 6. The maximum Gasteiger partial charge on any atom is 0.335 e. The monoisotopic (exact) mass is 1180 g/mol. The molecule has 2 aliphatic carbocycles. The van der Waals surface area contributed by atoms with Crippen molar-refractivity contribution in [2.75, 3.05) is 46.6 Å². The lowest BCUT2D eigenvalue weighted by Crippen LogP contribution is -2.22. The normalized spacial score (nSPS) is 12.3. The molecule has 0 unspecified atom stereocenters. The molecule has 3 aromatic carbocycles. The van der Waals surface area contributed by atoms with Gasteiger partial charge in [0.1, 0.15) is 28.8 Å². The van der Waals surface area contributed by atoms with Crippen LogP contribution in [0.5, 0.6) is 23.0 Å². The Hall–Kier alpha value is -7.85. The number of carboxylic acid groups (broad SMARTS) is 2. The maximum atomic E-state index is 12.1. The zero-order chi connectivity index (χ0) is 63.6. The number of allylic oxidation sites excluding steroid dienone is 5. The fourth-order valence-electron chi connectivity index (χ4n) is 8.14. The van der Waals surface area contributed by atoms with E-state index in [4.69, 9.17) is 43.4 Å². The van der Waals surface area contributed by atoms with Crippen molar-refractivity contribution in [2.45, 2.75) is 156 Å². The summed E-state index contributed by atoms with van der Waals surface area (Å²) >= 11 is 0. The molecule has 2 aliphatic rings. The number of aliphatic imine (C=N–C) groups is 2. The molecule has 0 aliphatic heterocycles. The molecule has 470 valence electrons. The molecule has 2 fully saturated rings. The van der Waals surface area contributed by atoms with Crippen LogP contribution < -0.4 is 18.9 Å². The van der Waals surface area contributed by atoms with Crippen LogP contribution in [0.1, 0.15) is 178 Å². The minimum absolute atomic E-state index is 0.0767. The lowest BCUT2D eigenvalue weighted by atomic mass is 9.84. The number of methoxy groups -OCH3 is 1. The molecule has 0 heterocycles. The fraction of sp³-hybridized carbons (Fsp3) is 0.464. The number of carbonyl (C=O) groups is 4. The Morgan fingerprint density at radius 1 is 0.682 bits per heavy atom. The first-order valence-electron chi connectivity index (χ1n) is 29.6. The van der Waals surface area contributed by atoms with E-state index in [1.54, 1.807) is 42.6 Å². The maximum absolute atomic E-state index is 12.1. The van der Waals surface area contributed by atoms with E-state index >= 15 is 0 Å². The first-order chi connectivity index (χ1) is 41.3. The van der Waals surface area contributed by atoms with Crippen LogP contribution in [0.4, 0.5) is 0 Å². The average molecular weight is 1180 g/mol. The summed E-state index contributed by atoms with van der Waals surface area (Å²) in [5.74, 6) is 3.11. The van der Waals surface area contributed by atoms with Gasteiger partial charge in [0, 0.05) is 38.6 Å². The lowest BCUT2D eigenvalue weighted by molar-refractivity contribution is -0.140. The number of aromatic carboxylic acids is 1. The third-order valence-corrected chi connectivity index (χ3v) is 12.6. The zero-order valence-electron chi connectivity index (χ0n) is 52.2. The average Bonchev–Trinajstić information content (AvgIpc) is 3.68. The van der Waals surface area contributed by atoms with Crippen molar-refractivity contribution in [1.29, 1.82) is 0 Å². The van der Waals surface area contributed by atoms with Crippen LogP contribution in [0.3, 0.4) is 0 Å². The van der Waals surface area contributed by atoms with Gasteiger partial charge >= 0.3 is 11.9 Å². The van der Waals surface area contributed by atoms with Crippen molar-refractivity contribution < 1.29 is 57.8 Å². The fourth-order valence-corrected chi connectivity index (χ4v) is 8.14. The molecule has 2 N–H and O–H groups in total. The highest BCUT2D eigenvalue weighted by molar-refractivity contribution is 5.92. The topological polar surface area (TPSA) is 204 Å². The Morgan fingerprint density at radius 2 is 1.18 bits per heavy atom. The van der Waals surface area contributed by atoms with Gasteiger partial charge in [0.25, 0.3) is 12.9 Å². The molecule has 2 saturated carbocycles. The summed E-state index contributed by atoms with van der Waals surface area (Å²) in [5.41, 5.74) is 3.10. The molecule has 0 bridgehead atoms. The van der Waals surface area contributed by atoms with Gasteiger partial charge in [0.2, 0.25) is 0 Å². The van der Waals surface area contributed by atoms with Crippen LogP contribution in [0.15, 0.2) is 157 Å². The molecule has 0 spiro atoms. The molecule has 3 aromatic rings. The molecule has 0 atom stereocenters. The molecule has 0 saturated heterocycles. The number of carbonyl (C=O) groups excluding carboxylic acids is 2. The van der Waals surface area contributed by atoms with Gasteiger partial charge in [-0.05, 0) is 184 Å². The molecule has 16 heteroatoms. The van der Waals surface area contributed by atoms with E-state index in [2.05, 4.69) is 79.0 Å². The number of carboxylic acids is 1. The van der Waals surface area contributed by atoms with Crippen molar-refractivity contribution in [1.82, 2.24) is 5.01 Å². The quantitative estimate of drug-likeness (QED) is 0.00709. The Balaban J connectivity index is 0. The van der Waals surface area contributed by atoms with Gasteiger partial charge in [0.05, 0.1) is 43.8 Å². The second-order valence-corrected chi connectivity index (χ2v) is 19.3. The predicted molar refractivity (Wildman–Crippen MR) is 349 cm³/mol. The van der Waals surface area contributed by atoms with E-state index in [0.29, 0.717) is 30.2 Å². The highest BCUT2D eigenvalue weighted by Crippen LogP contribution is 2.33. The van der Waals surface area contributed by atoms with Crippen molar-refractivity contribution in [2.24, 2.45) is 21.0 Å². The van der Waals surface area contributed by atoms with Gasteiger partial charge in [0.15, 0.2) is 0 Å². The van der Waals surface area contributed by atoms with Crippen molar-refractivity contribution in [3.8, 4) is 23.0 Å². The first kappa shape index (κ1) is 79.2. The number of esters is 1. The van der Waals surface area contributed by atoms with Crippen LogP contribution in [0.2, 0.25) is 0 Å². The summed E-state index contributed by atoms with van der Waals surface area (Å²) in [7, 11) is 1.74. The Bertz CT molecular complexity index is 2330. The minimum Gasteiger partial charge on any atom is -0.502 e. The molecule has 16 nitrogen and oxygen atoms in total. The molecular formula is C69H102N4O12. The second kappa shape index (κ2) is 56.6. The Kier molecular flexibility index (Phi) is 52.8. The molecule has 0 radical (unpaired) electrons. The third-order valence-electron chi connectivity index (χ3n) is 12.6. The predicted octanol–water partition coefficient (Wildman–Crippen LogP) is 16.6. The number of nitrogens with zero attached hydrogens (tertiary/aromatic N) is 4. The van der Waals surface area contributed by atoms with E-state index in [9.17, 15) is 14.4 Å². The number of hydrogen-bond donors (Lipinski definition) is 2. The van der Waals surface area contributed by atoms with Crippen LogP contribution in [-0.4, -0.2) is 106 Å². The Morgan fingerprint density at radius 3 is 1.62 bits per heavy atom. The molecule has 85 heavy (non-hydrogen) atoms. The summed E-state index contributed by atoms with van der Waals surface area (Å²) in [4.78, 5) is 49.5. The van der Waals surface area contributed by atoms with E-state index in [1.165, 1.54) is 94.0 Å². The van der Waals surface area contributed by atoms with Gasteiger partial charge in [-0.2, -0.15) is 5.10 Å². The minimum atomic E-state index is -1.05. The summed E-state index contributed by atoms with van der Waals surface area (Å²) in [5, 5.41) is 21.8. The van der Waals surface area contributed by atoms with Gasteiger partial charge in [-0.15, -0.1) is 6.58 Å². The van der Waals surface area contributed by atoms with Gasteiger partial charge in [-0.25, -0.2) is 14.8 Å². The van der Waals surface area contributed by atoms with Crippen LogP contribution in [0.25, 0.3) is 0 Å². The van der Waals surface area contributed by atoms with E-state index in [-0.39, 0.29) is 29.7 Å².